The van der Waals surface area contributed by atoms with Crippen LogP contribution in [0.2, 0.25) is 0 Å². The number of allylic oxidation sites excluding steroid dienone is 2. The SMILES string of the molecule is CC(=O)C=C(C)O.CC(C)(C)c1c[c-]c(-c2nccc3ccccc23)cc1.[Ir].[Ir].[c-]1ccc(-c2ccccc2)cc1-c1ccccn1. The van der Waals surface area contributed by atoms with Gasteiger partial charge in [-0.2, -0.15) is 0 Å². The van der Waals surface area contributed by atoms with Crippen LogP contribution in [0, 0.1) is 12.1 Å². The molecule has 6 rings (SSSR count). The number of nitrogens with zero attached hydrogens (tertiary/aromatic N) is 2. The Balaban J connectivity index is 0.000000265. The van der Waals surface area contributed by atoms with Crippen LogP contribution < -0.4 is 0 Å². The molecule has 0 amide bonds. The van der Waals surface area contributed by atoms with Crippen molar-refractivity contribution in [1.29, 1.82) is 0 Å². The van der Waals surface area contributed by atoms with Crippen LogP contribution >= 0.6 is 0 Å². The van der Waals surface area contributed by atoms with Gasteiger partial charge in [-0.15, -0.1) is 70.8 Å². The van der Waals surface area contributed by atoms with E-state index < -0.39 is 0 Å². The summed E-state index contributed by atoms with van der Waals surface area (Å²) in [5, 5.41) is 10.8. The summed E-state index contributed by atoms with van der Waals surface area (Å²) in [6.45, 7) is 9.49. The summed E-state index contributed by atoms with van der Waals surface area (Å²) in [5.74, 6) is -0.0625. The molecule has 47 heavy (non-hydrogen) atoms. The van der Waals surface area contributed by atoms with Gasteiger partial charge in [-0.1, -0.05) is 87.5 Å². The molecule has 6 aromatic rings. The molecule has 1 N–H and O–H groups in total. The molecular formula is C41H38Ir2N2O2-2. The van der Waals surface area contributed by atoms with Crippen LogP contribution in [-0.4, -0.2) is 20.9 Å². The second kappa shape index (κ2) is 18.9. The van der Waals surface area contributed by atoms with Crippen LogP contribution in [-0.2, 0) is 50.4 Å². The zero-order valence-corrected chi connectivity index (χ0v) is 31.9. The largest absolute Gasteiger partial charge is 0.512 e. The molecule has 0 saturated carbocycles. The molecule has 0 aliphatic carbocycles. The van der Waals surface area contributed by atoms with Gasteiger partial charge in [0.2, 0.25) is 0 Å². The van der Waals surface area contributed by atoms with Gasteiger partial charge in [0, 0.05) is 58.7 Å². The molecule has 0 saturated heterocycles. The zero-order chi connectivity index (χ0) is 32.2. The molecule has 2 aromatic heterocycles. The predicted molar refractivity (Wildman–Crippen MR) is 186 cm³/mol. The Labute approximate surface area is 305 Å². The second-order valence-corrected chi connectivity index (χ2v) is 11.6. The van der Waals surface area contributed by atoms with Gasteiger partial charge in [-0.05, 0) is 59.1 Å². The third-order valence-corrected chi connectivity index (χ3v) is 6.87. The first-order valence-corrected chi connectivity index (χ1v) is 14.8. The van der Waals surface area contributed by atoms with Crippen LogP contribution in [0.4, 0.5) is 0 Å². The van der Waals surface area contributed by atoms with Gasteiger partial charge >= 0.3 is 0 Å². The molecule has 2 heterocycles. The number of carbonyl (C=O) groups is 1. The second-order valence-electron chi connectivity index (χ2n) is 11.6. The summed E-state index contributed by atoms with van der Waals surface area (Å²) in [6.07, 6.45) is 4.83. The van der Waals surface area contributed by atoms with Crippen LogP contribution in [0.15, 0.2) is 139 Å². The maximum Gasteiger partial charge on any atom is 0.155 e. The summed E-state index contributed by atoms with van der Waals surface area (Å²) in [7, 11) is 0. The minimum atomic E-state index is -0.125. The monoisotopic (exact) mass is 976 g/mol. The maximum absolute atomic E-state index is 10.0. The van der Waals surface area contributed by atoms with Crippen molar-refractivity contribution in [2.24, 2.45) is 0 Å². The van der Waals surface area contributed by atoms with Gasteiger partial charge < -0.3 is 15.1 Å². The third-order valence-electron chi connectivity index (χ3n) is 6.87. The van der Waals surface area contributed by atoms with E-state index in [2.05, 4.69) is 110 Å². The number of fused-ring (bicyclic) bond motifs is 1. The number of carbonyl (C=O) groups excluding carboxylic acids is 1. The van der Waals surface area contributed by atoms with Gasteiger partial charge in [0.25, 0.3) is 0 Å². The average molecular weight is 975 g/mol. The number of pyridine rings is 2. The van der Waals surface area contributed by atoms with Crippen LogP contribution in [0.5, 0.6) is 0 Å². The van der Waals surface area contributed by atoms with Crippen molar-refractivity contribution in [1.82, 2.24) is 9.97 Å². The van der Waals surface area contributed by atoms with Gasteiger partial charge in [0.1, 0.15) is 0 Å². The molecule has 2 radical (unpaired) electrons. The minimum Gasteiger partial charge on any atom is -0.512 e. The van der Waals surface area contributed by atoms with Crippen LogP contribution in [0.25, 0.3) is 44.4 Å². The number of hydrogen-bond donors (Lipinski definition) is 1. The van der Waals surface area contributed by atoms with Crippen molar-refractivity contribution in [2.45, 2.75) is 40.0 Å². The number of aromatic nitrogens is 2. The van der Waals surface area contributed by atoms with E-state index in [1.165, 1.54) is 47.4 Å². The van der Waals surface area contributed by atoms with Gasteiger partial charge in [0.05, 0.1) is 5.76 Å². The number of ketones is 1. The van der Waals surface area contributed by atoms with E-state index in [-0.39, 0.29) is 57.2 Å². The van der Waals surface area contributed by atoms with Crippen molar-refractivity contribution in [3.05, 3.63) is 157 Å². The van der Waals surface area contributed by atoms with Gasteiger partial charge in [-0.25, -0.2) is 0 Å². The Morgan fingerprint density at radius 1 is 0.723 bits per heavy atom. The van der Waals surface area contributed by atoms with Crippen LogP contribution in [0.1, 0.15) is 40.2 Å². The quantitative estimate of drug-likeness (QED) is 0.109. The fourth-order valence-electron chi connectivity index (χ4n) is 4.61. The Bertz CT molecular complexity index is 1800. The standard InChI is InChI=1S/C19H18N.C17H12N.C5H8O2.2Ir/c1-19(2,3)16-10-8-15(9-11-16)18-17-7-5-4-6-14(17)12-13-20-18;1-2-7-14(8-3-1)15-9-6-10-16(13-15)17-11-4-5-12-18-17;1-4(6)3-5(2)7;;/h4-8,10-13H,1-3H3;1-9,11-13H;3,6H,1-2H3;;/q2*-1;;;. The van der Waals surface area contributed by atoms with E-state index in [4.69, 9.17) is 5.11 Å². The fourth-order valence-corrected chi connectivity index (χ4v) is 4.61. The Morgan fingerprint density at radius 3 is 2.02 bits per heavy atom. The van der Waals surface area contributed by atoms with E-state index in [9.17, 15) is 4.79 Å². The first-order chi connectivity index (χ1) is 21.6. The van der Waals surface area contributed by atoms with E-state index in [0.29, 0.717) is 0 Å². The van der Waals surface area contributed by atoms with E-state index >= 15 is 0 Å². The summed E-state index contributed by atoms with van der Waals surface area (Å²) in [4.78, 5) is 18.9. The Morgan fingerprint density at radius 2 is 1.43 bits per heavy atom. The molecule has 4 aromatic carbocycles. The van der Waals surface area contributed by atoms with Crippen molar-refractivity contribution >= 4 is 16.6 Å². The van der Waals surface area contributed by atoms with Crippen molar-refractivity contribution < 1.29 is 50.1 Å². The fraction of sp³-hybridized carbons (Fsp3) is 0.146. The number of aliphatic hydroxyl groups is 1. The Kier molecular flexibility index (Phi) is 15.8. The minimum absolute atomic E-state index is 0. The molecule has 0 fully saturated rings. The van der Waals surface area contributed by atoms with Gasteiger partial charge in [0.15, 0.2) is 5.78 Å². The molecule has 0 aliphatic rings. The number of hydrogen-bond acceptors (Lipinski definition) is 4. The summed E-state index contributed by atoms with van der Waals surface area (Å²) in [5.41, 5.74) is 7.88. The average Bonchev–Trinajstić information content (AvgIpc) is 3.05. The Hall–Kier alpha value is -4.05. The maximum atomic E-state index is 10.0. The number of aliphatic hydroxyl groups excluding tert-OH is 1. The zero-order valence-electron chi connectivity index (χ0n) is 27.1. The number of benzene rings is 4. The molecule has 0 spiro atoms. The number of rotatable bonds is 4. The molecule has 0 unspecified atom stereocenters. The molecule has 6 heteroatoms. The van der Waals surface area contributed by atoms with Crippen LogP contribution in [0.3, 0.4) is 0 Å². The van der Waals surface area contributed by atoms with Crippen molar-refractivity contribution in [3.63, 3.8) is 0 Å². The predicted octanol–water partition coefficient (Wildman–Crippen LogP) is 10.2. The smallest absolute Gasteiger partial charge is 0.155 e. The topological polar surface area (TPSA) is 63.1 Å². The molecule has 0 bridgehead atoms. The van der Waals surface area contributed by atoms with E-state index in [0.717, 1.165) is 22.5 Å². The molecule has 4 nitrogen and oxygen atoms in total. The van der Waals surface area contributed by atoms with Gasteiger partial charge in [-0.3, -0.25) is 4.79 Å². The molecule has 244 valence electrons. The third kappa shape index (κ3) is 11.9. The van der Waals surface area contributed by atoms with E-state index in [1.807, 2.05) is 54.7 Å². The summed E-state index contributed by atoms with van der Waals surface area (Å²) >= 11 is 0. The molecule has 0 aliphatic heterocycles. The molecule has 0 atom stereocenters. The first kappa shape index (κ1) is 39.1. The summed E-state index contributed by atoms with van der Waals surface area (Å²) < 4.78 is 0. The normalized spacial score (nSPS) is 10.6. The van der Waals surface area contributed by atoms with E-state index in [1.54, 1.807) is 6.20 Å². The first-order valence-electron chi connectivity index (χ1n) is 14.8. The van der Waals surface area contributed by atoms with Crippen molar-refractivity contribution in [3.8, 4) is 33.6 Å². The van der Waals surface area contributed by atoms with Crippen molar-refractivity contribution in [2.75, 3.05) is 0 Å². The molecular weight excluding hydrogens is 937 g/mol. The summed E-state index contributed by atoms with van der Waals surface area (Å²) in [6, 6.07) is 45.8.